The average Bonchev–Trinajstić information content (AvgIpc) is 2.69. The van der Waals surface area contributed by atoms with Gasteiger partial charge in [-0.25, -0.2) is 5.43 Å². The SMILES string of the molecule is COc1cccc(CC(=O)N/N=C\c2ccc(N3CCCCC3)cc2)c1. The third-order valence-electron chi connectivity index (χ3n) is 4.52. The molecular formula is C21H25N3O2. The van der Waals surface area contributed by atoms with E-state index in [2.05, 4.69) is 27.6 Å². The van der Waals surface area contributed by atoms with Gasteiger partial charge in [0.15, 0.2) is 0 Å². The molecule has 0 aromatic heterocycles. The summed E-state index contributed by atoms with van der Waals surface area (Å²) in [5.41, 5.74) is 5.68. The molecule has 0 unspecified atom stereocenters. The van der Waals surface area contributed by atoms with Gasteiger partial charge < -0.3 is 9.64 Å². The van der Waals surface area contributed by atoms with E-state index in [9.17, 15) is 4.79 Å². The molecule has 5 nitrogen and oxygen atoms in total. The number of ether oxygens (including phenoxy) is 1. The number of hydrogen-bond donors (Lipinski definition) is 1. The smallest absolute Gasteiger partial charge is 0.244 e. The molecule has 0 radical (unpaired) electrons. The Labute approximate surface area is 154 Å². The van der Waals surface area contributed by atoms with Gasteiger partial charge in [-0.05, 0) is 54.7 Å². The summed E-state index contributed by atoms with van der Waals surface area (Å²) in [4.78, 5) is 14.4. The minimum Gasteiger partial charge on any atom is -0.497 e. The maximum absolute atomic E-state index is 12.0. The third kappa shape index (κ3) is 5.09. The van der Waals surface area contributed by atoms with E-state index < -0.39 is 0 Å². The molecule has 1 aliphatic heterocycles. The first-order valence-electron chi connectivity index (χ1n) is 9.04. The van der Waals surface area contributed by atoms with Crippen molar-refractivity contribution in [3.8, 4) is 5.75 Å². The van der Waals surface area contributed by atoms with Crippen molar-refractivity contribution in [2.24, 2.45) is 5.10 Å². The zero-order valence-electron chi connectivity index (χ0n) is 15.1. The molecule has 0 aliphatic carbocycles. The van der Waals surface area contributed by atoms with Gasteiger partial charge in [-0.2, -0.15) is 5.10 Å². The highest BCUT2D eigenvalue weighted by atomic mass is 16.5. The summed E-state index contributed by atoms with van der Waals surface area (Å²) < 4.78 is 5.16. The first-order valence-corrected chi connectivity index (χ1v) is 9.04. The number of rotatable bonds is 6. The molecule has 1 aliphatic rings. The van der Waals surface area contributed by atoms with Crippen LogP contribution in [0.1, 0.15) is 30.4 Å². The fraction of sp³-hybridized carbons (Fsp3) is 0.333. The number of benzene rings is 2. The number of carbonyl (C=O) groups is 1. The highest BCUT2D eigenvalue weighted by Crippen LogP contribution is 2.19. The van der Waals surface area contributed by atoms with Crippen LogP contribution in [0.15, 0.2) is 53.6 Å². The van der Waals surface area contributed by atoms with Crippen LogP contribution < -0.4 is 15.1 Å². The fourth-order valence-electron chi connectivity index (χ4n) is 3.11. The summed E-state index contributed by atoms with van der Waals surface area (Å²) in [5, 5.41) is 4.05. The van der Waals surface area contributed by atoms with Crippen molar-refractivity contribution in [3.05, 3.63) is 59.7 Å². The zero-order chi connectivity index (χ0) is 18.2. The van der Waals surface area contributed by atoms with E-state index in [4.69, 9.17) is 4.74 Å². The molecule has 2 aromatic carbocycles. The van der Waals surface area contributed by atoms with Crippen LogP contribution in [0.2, 0.25) is 0 Å². The van der Waals surface area contributed by atoms with Crippen molar-refractivity contribution in [2.45, 2.75) is 25.7 Å². The third-order valence-corrected chi connectivity index (χ3v) is 4.52. The van der Waals surface area contributed by atoms with Gasteiger partial charge in [0.1, 0.15) is 5.75 Å². The molecule has 26 heavy (non-hydrogen) atoms. The number of hydrazone groups is 1. The largest absolute Gasteiger partial charge is 0.497 e. The van der Waals surface area contributed by atoms with Crippen molar-refractivity contribution in [3.63, 3.8) is 0 Å². The highest BCUT2D eigenvalue weighted by Gasteiger charge is 2.10. The summed E-state index contributed by atoms with van der Waals surface area (Å²) in [5.74, 6) is 0.590. The normalized spacial score (nSPS) is 14.4. The van der Waals surface area contributed by atoms with Crippen LogP contribution in [0, 0.1) is 0 Å². The molecule has 1 fully saturated rings. The van der Waals surface area contributed by atoms with Crippen LogP contribution >= 0.6 is 0 Å². The summed E-state index contributed by atoms with van der Waals surface area (Å²) in [7, 11) is 1.61. The monoisotopic (exact) mass is 351 g/mol. The predicted octanol–water partition coefficient (Wildman–Crippen LogP) is 3.38. The number of nitrogens with one attached hydrogen (secondary N) is 1. The molecule has 1 amide bonds. The van der Waals surface area contributed by atoms with Crippen LogP contribution in [0.4, 0.5) is 5.69 Å². The molecule has 136 valence electrons. The first kappa shape index (κ1) is 18.0. The van der Waals surface area contributed by atoms with E-state index in [0.29, 0.717) is 0 Å². The van der Waals surface area contributed by atoms with Gasteiger partial charge in [0.05, 0.1) is 19.7 Å². The summed E-state index contributed by atoms with van der Waals surface area (Å²) in [6, 6.07) is 15.8. The summed E-state index contributed by atoms with van der Waals surface area (Å²) in [6.45, 7) is 2.27. The van der Waals surface area contributed by atoms with Crippen LogP contribution in [-0.4, -0.2) is 32.3 Å². The van der Waals surface area contributed by atoms with E-state index in [1.54, 1.807) is 13.3 Å². The van der Waals surface area contributed by atoms with Crippen molar-refractivity contribution in [1.29, 1.82) is 0 Å². The Kier molecular flexibility index (Phi) is 6.25. The van der Waals surface area contributed by atoms with E-state index in [1.165, 1.54) is 24.9 Å². The number of piperidine rings is 1. The second-order valence-electron chi connectivity index (χ2n) is 6.46. The second-order valence-corrected chi connectivity index (χ2v) is 6.46. The molecule has 0 atom stereocenters. The minimum atomic E-state index is -0.153. The van der Waals surface area contributed by atoms with Crippen LogP contribution in [0.3, 0.4) is 0 Å². The van der Waals surface area contributed by atoms with Gasteiger partial charge in [0, 0.05) is 18.8 Å². The van der Waals surface area contributed by atoms with E-state index in [-0.39, 0.29) is 12.3 Å². The topological polar surface area (TPSA) is 53.9 Å². The molecule has 5 heteroatoms. The molecule has 0 saturated carbocycles. The van der Waals surface area contributed by atoms with Crippen molar-refractivity contribution < 1.29 is 9.53 Å². The lowest BCUT2D eigenvalue weighted by molar-refractivity contribution is -0.120. The molecule has 0 bridgehead atoms. The molecule has 1 saturated heterocycles. The van der Waals surface area contributed by atoms with Gasteiger partial charge in [0.2, 0.25) is 5.91 Å². The Bertz CT molecular complexity index is 750. The van der Waals surface area contributed by atoms with Crippen molar-refractivity contribution in [1.82, 2.24) is 5.43 Å². The number of amides is 1. The predicted molar refractivity (Wildman–Crippen MR) is 105 cm³/mol. The molecule has 2 aromatic rings. The molecular weight excluding hydrogens is 326 g/mol. The van der Waals surface area contributed by atoms with Gasteiger partial charge in [0.25, 0.3) is 0 Å². The number of methoxy groups -OCH3 is 1. The van der Waals surface area contributed by atoms with Crippen molar-refractivity contribution in [2.75, 3.05) is 25.1 Å². The lowest BCUT2D eigenvalue weighted by Crippen LogP contribution is -2.29. The van der Waals surface area contributed by atoms with Crippen molar-refractivity contribution >= 4 is 17.8 Å². The van der Waals surface area contributed by atoms with E-state index in [1.807, 2.05) is 36.4 Å². The van der Waals surface area contributed by atoms with Gasteiger partial charge >= 0.3 is 0 Å². The standard InChI is InChI=1S/C21H25N3O2/c1-26-20-7-5-6-18(14-20)15-21(25)23-22-16-17-8-10-19(11-9-17)24-12-3-2-4-13-24/h5-11,14,16H,2-4,12-13,15H2,1H3,(H,23,25)/b22-16-. The molecule has 1 N–H and O–H groups in total. The number of hydrogen-bond acceptors (Lipinski definition) is 4. The van der Waals surface area contributed by atoms with Crippen LogP contribution in [0.25, 0.3) is 0 Å². The molecule has 0 spiro atoms. The average molecular weight is 351 g/mol. The Balaban J connectivity index is 1.50. The van der Waals surface area contributed by atoms with Gasteiger partial charge in [-0.15, -0.1) is 0 Å². The maximum atomic E-state index is 12.0. The Morgan fingerprint density at radius 1 is 1.15 bits per heavy atom. The summed E-state index contributed by atoms with van der Waals surface area (Å²) in [6.07, 6.45) is 5.80. The zero-order valence-corrected chi connectivity index (χ0v) is 15.1. The Morgan fingerprint density at radius 3 is 2.65 bits per heavy atom. The van der Waals surface area contributed by atoms with Gasteiger partial charge in [-0.1, -0.05) is 24.3 Å². The summed E-state index contributed by atoms with van der Waals surface area (Å²) >= 11 is 0. The number of nitrogens with zero attached hydrogens (tertiary/aromatic N) is 2. The first-order chi connectivity index (χ1) is 12.7. The number of carbonyl (C=O) groups excluding carboxylic acids is 1. The van der Waals surface area contributed by atoms with Crippen LogP contribution in [0.5, 0.6) is 5.75 Å². The highest BCUT2D eigenvalue weighted by molar-refractivity contribution is 5.83. The maximum Gasteiger partial charge on any atom is 0.244 e. The van der Waals surface area contributed by atoms with E-state index >= 15 is 0 Å². The number of anilines is 1. The Morgan fingerprint density at radius 2 is 1.92 bits per heavy atom. The minimum absolute atomic E-state index is 0.153. The Hall–Kier alpha value is -2.82. The van der Waals surface area contributed by atoms with Gasteiger partial charge in [-0.3, -0.25) is 4.79 Å². The fourth-order valence-corrected chi connectivity index (χ4v) is 3.11. The quantitative estimate of drug-likeness (QED) is 0.641. The lowest BCUT2D eigenvalue weighted by atomic mass is 10.1. The molecule has 3 rings (SSSR count). The van der Waals surface area contributed by atoms with E-state index in [0.717, 1.165) is 30.0 Å². The van der Waals surface area contributed by atoms with Crippen LogP contribution in [-0.2, 0) is 11.2 Å². The second kappa shape index (κ2) is 9.04. The lowest BCUT2D eigenvalue weighted by Gasteiger charge is -2.28. The molecule has 1 heterocycles.